The molecule has 0 aliphatic carbocycles. The number of carbonyl (C=O) groups is 1. The van der Waals surface area contributed by atoms with E-state index in [-0.39, 0.29) is 5.91 Å². The Morgan fingerprint density at radius 3 is 2.85 bits per heavy atom. The average molecular weight is 368 g/mol. The molecule has 1 aliphatic rings. The molecule has 0 radical (unpaired) electrons. The quantitative estimate of drug-likeness (QED) is 0.770. The Kier molecular flexibility index (Phi) is 4.73. The van der Waals surface area contributed by atoms with Crippen LogP contribution in [0.15, 0.2) is 61.1 Å². The van der Waals surface area contributed by atoms with E-state index in [2.05, 4.69) is 22.4 Å². The molecule has 2 aromatic carbocycles. The van der Waals surface area contributed by atoms with Crippen LogP contribution >= 0.6 is 11.6 Å². The molecular weight excluding hydrogens is 350 g/mol. The van der Waals surface area contributed by atoms with Gasteiger partial charge >= 0.3 is 0 Å². The second-order valence-corrected chi connectivity index (χ2v) is 6.62. The lowest BCUT2D eigenvalue weighted by Crippen LogP contribution is -2.45. The molecule has 1 N–H and O–H groups in total. The number of halogens is 1. The van der Waals surface area contributed by atoms with E-state index in [0.717, 1.165) is 27.5 Å². The van der Waals surface area contributed by atoms with Crippen molar-refractivity contribution in [2.24, 2.45) is 0 Å². The second-order valence-electron chi connectivity index (χ2n) is 6.18. The van der Waals surface area contributed by atoms with Crippen molar-refractivity contribution < 1.29 is 9.53 Å². The van der Waals surface area contributed by atoms with Gasteiger partial charge in [-0.2, -0.15) is 0 Å². The maximum atomic E-state index is 11.8. The zero-order valence-corrected chi connectivity index (χ0v) is 14.8. The first-order valence-electron chi connectivity index (χ1n) is 8.47. The summed E-state index contributed by atoms with van der Waals surface area (Å²) in [5.41, 5.74) is 4.03. The molecule has 0 unspecified atom stereocenters. The maximum Gasteiger partial charge on any atom is 0.249 e. The molecular formula is C20H18ClN3O2. The van der Waals surface area contributed by atoms with E-state index in [9.17, 15) is 4.79 Å². The molecule has 1 fully saturated rings. The van der Waals surface area contributed by atoms with Gasteiger partial charge in [-0.25, -0.2) is 4.98 Å². The van der Waals surface area contributed by atoms with Crippen molar-refractivity contribution in [3.05, 3.63) is 71.8 Å². The summed E-state index contributed by atoms with van der Waals surface area (Å²) >= 11 is 5.97. The molecule has 1 aromatic heterocycles. The summed E-state index contributed by atoms with van der Waals surface area (Å²) in [6, 6.07) is 16.0. The Balaban J connectivity index is 1.55. The van der Waals surface area contributed by atoms with Crippen LogP contribution in [0, 0.1) is 0 Å². The molecule has 1 amide bonds. The Labute approximate surface area is 156 Å². The van der Waals surface area contributed by atoms with E-state index in [1.807, 2.05) is 47.2 Å². The summed E-state index contributed by atoms with van der Waals surface area (Å²) in [6.45, 7) is 1.11. The number of hydrogen-bond donors (Lipinski definition) is 1. The molecule has 132 valence electrons. The predicted octanol–water partition coefficient (Wildman–Crippen LogP) is 3.25. The van der Waals surface area contributed by atoms with Gasteiger partial charge in [-0.1, -0.05) is 35.9 Å². The summed E-state index contributed by atoms with van der Waals surface area (Å²) < 4.78 is 7.48. The molecule has 0 bridgehead atoms. The summed E-state index contributed by atoms with van der Waals surface area (Å²) in [7, 11) is 0. The van der Waals surface area contributed by atoms with Crippen LogP contribution in [0.25, 0.3) is 16.8 Å². The lowest BCUT2D eigenvalue weighted by Gasteiger charge is -2.21. The largest absolute Gasteiger partial charge is 0.366 e. The average Bonchev–Trinajstić information content (AvgIpc) is 3.13. The van der Waals surface area contributed by atoms with Crippen LogP contribution in [0.5, 0.6) is 0 Å². The van der Waals surface area contributed by atoms with E-state index < -0.39 is 6.10 Å². The van der Waals surface area contributed by atoms with Crippen molar-refractivity contribution >= 4 is 17.5 Å². The number of benzene rings is 2. The molecule has 2 heterocycles. The van der Waals surface area contributed by atoms with Crippen LogP contribution in [0.3, 0.4) is 0 Å². The highest BCUT2D eigenvalue weighted by atomic mass is 35.5. The van der Waals surface area contributed by atoms with Gasteiger partial charge in [-0.05, 0) is 35.4 Å². The molecule has 1 atom stereocenters. The van der Waals surface area contributed by atoms with Crippen molar-refractivity contribution in [2.75, 3.05) is 13.2 Å². The summed E-state index contributed by atoms with van der Waals surface area (Å²) in [6.07, 6.45) is 3.70. The van der Waals surface area contributed by atoms with Crippen LogP contribution in [0.2, 0.25) is 5.02 Å². The number of morpholine rings is 1. The van der Waals surface area contributed by atoms with E-state index in [1.54, 1.807) is 6.33 Å². The number of imidazole rings is 1. The lowest BCUT2D eigenvalue weighted by molar-refractivity contribution is -0.137. The van der Waals surface area contributed by atoms with Crippen LogP contribution in [-0.2, 0) is 16.0 Å². The van der Waals surface area contributed by atoms with Gasteiger partial charge in [-0.15, -0.1) is 0 Å². The number of hydrogen-bond acceptors (Lipinski definition) is 3. The first kappa shape index (κ1) is 16.8. The van der Waals surface area contributed by atoms with E-state index >= 15 is 0 Å². The van der Waals surface area contributed by atoms with Crippen molar-refractivity contribution in [2.45, 2.75) is 12.5 Å². The fourth-order valence-electron chi connectivity index (χ4n) is 3.01. The molecule has 1 saturated heterocycles. The molecule has 6 heteroatoms. The summed E-state index contributed by atoms with van der Waals surface area (Å²) in [5.74, 6) is -0.0736. The van der Waals surface area contributed by atoms with Gasteiger partial charge in [0.25, 0.3) is 0 Å². The van der Waals surface area contributed by atoms with Crippen molar-refractivity contribution in [3.8, 4) is 16.8 Å². The monoisotopic (exact) mass is 367 g/mol. The fourth-order valence-corrected chi connectivity index (χ4v) is 3.13. The van der Waals surface area contributed by atoms with Gasteiger partial charge in [0, 0.05) is 29.9 Å². The van der Waals surface area contributed by atoms with E-state index in [4.69, 9.17) is 16.3 Å². The van der Waals surface area contributed by atoms with Crippen molar-refractivity contribution in [3.63, 3.8) is 0 Å². The number of carbonyl (C=O) groups excluding carboxylic acids is 1. The third-order valence-electron chi connectivity index (χ3n) is 4.37. The van der Waals surface area contributed by atoms with Crippen LogP contribution in [0.1, 0.15) is 5.69 Å². The normalized spacial score (nSPS) is 17.1. The maximum absolute atomic E-state index is 11.8. The minimum absolute atomic E-state index is 0.0736. The zero-order chi connectivity index (χ0) is 17.9. The number of amides is 1. The summed E-state index contributed by atoms with van der Waals surface area (Å²) in [5, 5.41) is 3.53. The molecule has 26 heavy (non-hydrogen) atoms. The molecule has 1 aliphatic heterocycles. The highest BCUT2D eigenvalue weighted by Gasteiger charge is 2.23. The number of nitrogens with zero attached hydrogens (tertiary/aromatic N) is 2. The second kappa shape index (κ2) is 7.32. The van der Waals surface area contributed by atoms with Gasteiger partial charge in [-0.3, -0.25) is 4.79 Å². The topological polar surface area (TPSA) is 56.1 Å². The van der Waals surface area contributed by atoms with Gasteiger partial charge in [0.1, 0.15) is 6.10 Å². The summed E-state index contributed by atoms with van der Waals surface area (Å²) in [4.78, 5) is 16.2. The molecule has 0 spiro atoms. The Bertz CT molecular complexity index is 921. The first-order chi connectivity index (χ1) is 12.7. The Morgan fingerprint density at radius 2 is 2.04 bits per heavy atom. The zero-order valence-electron chi connectivity index (χ0n) is 14.1. The number of nitrogens with one attached hydrogen (secondary N) is 1. The van der Waals surface area contributed by atoms with Crippen molar-refractivity contribution in [1.82, 2.24) is 14.9 Å². The number of ether oxygens (including phenoxy) is 1. The fraction of sp³-hybridized carbons (Fsp3) is 0.200. The third kappa shape index (κ3) is 3.64. The van der Waals surface area contributed by atoms with Gasteiger partial charge in [0.05, 0.1) is 18.6 Å². The molecule has 0 saturated carbocycles. The standard InChI is InChI=1S/C20H18ClN3O2/c21-16-6-4-14(5-7-16)15-2-1-3-18(10-15)24-12-17(23-13-24)11-19-20(25)22-8-9-26-19/h1-7,10,12-13,19H,8-9,11H2,(H,22,25)/t19-/m0/s1. The Hall–Kier alpha value is -2.63. The Morgan fingerprint density at radius 1 is 1.19 bits per heavy atom. The van der Waals surface area contributed by atoms with Crippen LogP contribution < -0.4 is 5.32 Å². The number of aromatic nitrogens is 2. The lowest BCUT2D eigenvalue weighted by atomic mass is 10.1. The minimum atomic E-state index is -0.465. The van der Waals surface area contributed by atoms with Gasteiger partial charge in [0.15, 0.2) is 0 Å². The van der Waals surface area contributed by atoms with Crippen molar-refractivity contribution in [1.29, 1.82) is 0 Å². The third-order valence-corrected chi connectivity index (χ3v) is 4.62. The molecule has 4 rings (SSSR count). The first-order valence-corrected chi connectivity index (χ1v) is 8.85. The number of rotatable bonds is 4. The van der Waals surface area contributed by atoms with Gasteiger partial charge in [0.2, 0.25) is 5.91 Å². The highest BCUT2D eigenvalue weighted by Crippen LogP contribution is 2.24. The molecule has 3 aromatic rings. The van der Waals surface area contributed by atoms with Gasteiger partial charge < -0.3 is 14.6 Å². The predicted molar refractivity (Wildman–Crippen MR) is 100 cm³/mol. The smallest absolute Gasteiger partial charge is 0.249 e. The highest BCUT2D eigenvalue weighted by molar-refractivity contribution is 6.30. The van der Waals surface area contributed by atoms with E-state index in [0.29, 0.717) is 19.6 Å². The SMILES string of the molecule is O=C1NCCO[C@H]1Cc1cn(-c2cccc(-c3ccc(Cl)cc3)c2)cn1. The van der Waals surface area contributed by atoms with E-state index in [1.165, 1.54) is 0 Å². The van der Waals surface area contributed by atoms with Crippen LogP contribution in [0.4, 0.5) is 0 Å². The minimum Gasteiger partial charge on any atom is -0.366 e. The molecule has 5 nitrogen and oxygen atoms in total. The van der Waals surface area contributed by atoms with Crippen LogP contribution in [-0.4, -0.2) is 34.7 Å².